The summed E-state index contributed by atoms with van der Waals surface area (Å²) in [4.78, 5) is 14.8. The number of nitrogens with one attached hydrogen (secondary N) is 1. The number of benzene rings is 2. The molecule has 0 saturated carbocycles. The van der Waals surface area contributed by atoms with E-state index in [1.165, 1.54) is 42.3 Å². The lowest BCUT2D eigenvalue weighted by molar-refractivity contribution is -0.113. The smallest absolute Gasteiger partial charge is 0.234 e. The summed E-state index contributed by atoms with van der Waals surface area (Å²) in [5.74, 6) is 0.153. The van der Waals surface area contributed by atoms with Crippen molar-refractivity contribution in [2.45, 2.75) is 38.3 Å². The van der Waals surface area contributed by atoms with Crippen LogP contribution in [0.1, 0.15) is 30.4 Å². The molecule has 4 rings (SSSR count). The van der Waals surface area contributed by atoms with Crippen molar-refractivity contribution in [2.24, 2.45) is 0 Å². The van der Waals surface area contributed by atoms with Crippen LogP contribution < -0.4 is 10.2 Å². The van der Waals surface area contributed by atoms with Crippen LogP contribution in [0.3, 0.4) is 0 Å². The van der Waals surface area contributed by atoms with Gasteiger partial charge in [-0.1, -0.05) is 23.9 Å². The molecule has 1 aliphatic rings. The highest BCUT2D eigenvalue weighted by Gasteiger charge is 2.14. The Balaban J connectivity index is 1.36. The van der Waals surface area contributed by atoms with Crippen LogP contribution in [0, 0.1) is 13.8 Å². The zero-order chi connectivity index (χ0) is 20.9. The van der Waals surface area contributed by atoms with Gasteiger partial charge in [-0.2, -0.15) is 4.68 Å². The lowest BCUT2D eigenvalue weighted by atomic mass is 10.1. The molecule has 156 valence electrons. The average molecular weight is 423 g/mol. The largest absolute Gasteiger partial charge is 0.372 e. The van der Waals surface area contributed by atoms with Crippen LogP contribution in [0.4, 0.5) is 11.4 Å². The Morgan fingerprint density at radius 1 is 1.07 bits per heavy atom. The maximum absolute atomic E-state index is 12.4. The Kier molecular flexibility index (Phi) is 6.32. The molecule has 0 atom stereocenters. The minimum Gasteiger partial charge on any atom is -0.372 e. The summed E-state index contributed by atoms with van der Waals surface area (Å²) in [5, 5.41) is 15.5. The van der Waals surface area contributed by atoms with Crippen molar-refractivity contribution >= 4 is 29.0 Å². The van der Waals surface area contributed by atoms with Crippen molar-refractivity contribution in [3.8, 4) is 5.69 Å². The zero-order valence-corrected chi connectivity index (χ0v) is 18.2. The maximum Gasteiger partial charge on any atom is 0.234 e. The standard InChI is InChI=1S/C22H26N6OS/c1-16-7-6-8-20(17(16)2)28-22(24-25-26-28)30-15-21(29)23-18-9-11-19(12-10-18)27-13-4-3-5-14-27/h6-12H,3-5,13-15H2,1-2H3,(H,23,29). The summed E-state index contributed by atoms with van der Waals surface area (Å²) >= 11 is 1.32. The monoisotopic (exact) mass is 422 g/mol. The van der Waals surface area contributed by atoms with Gasteiger partial charge in [-0.25, -0.2) is 0 Å². The molecular formula is C22H26N6OS. The van der Waals surface area contributed by atoms with Gasteiger partial charge in [0.25, 0.3) is 0 Å². The number of anilines is 2. The molecular weight excluding hydrogens is 396 g/mol. The fourth-order valence-corrected chi connectivity index (χ4v) is 4.30. The molecule has 0 radical (unpaired) electrons. The zero-order valence-electron chi connectivity index (χ0n) is 17.3. The predicted octanol–water partition coefficient (Wildman–Crippen LogP) is 4.00. The van der Waals surface area contributed by atoms with Gasteiger partial charge < -0.3 is 10.2 Å². The molecule has 1 aromatic heterocycles. The van der Waals surface area contributed by atoms with Crippen LogP contribution in [-0.2, 0) is 4.79 Å². The van der Waals surface area contributed by atoms with Gasteiger partial charge in [-0.05, 0) is 85.0 Å². The number of hydrogen-bond donors (Lipinski definition) is 1. The van der Waals surface area contributed by atoms with E-state index in [0.29, 0.717) is 5.16 Å². The van der Waals surface area contributed by atoms with Crippen LogP contribution in [0.15, 0.2) is 47.6 Å². The van der Waals surface area contributed by atoms with E-state index in [0.717, 1.165) is 30.0 Å². The molecule has 1 amide bonds. The number of amides is 1. The number of piperidine rings is 1. The first-order valence-electron chi connectivity index (χ1n) is 10.2. The van der Waals surface area contributed by atoms with Crippen LogP contribution in [0.2, 0.25) is 0 Å². The first-order valence-corrected chi connectivity index (χ1v) is 11.2. The number of nitrogens with zero attached hydrogens (tertiary/aromatic N) is 5. The van der Waals surface area contributed by atoms with E-state index in [1.54, 1.807) is 4.68 Å². The second kappa shape index (κ2) is 9.30. The summed E-state index contributed by atoms with van der Waals surface area (Å²) in [6, 6.07) is 14.1. The van der Waals surface area contributed by atoms with E-state index in [2.05, 4.69) is 50.9 Å². The second-order valence-corrected chi connectivity index (χ2v) is 8.47. The summed E-state index contributed by atoms with van der Waals surface area (Å²) < 4.78 is 1.69. The Hall–Kier alpha value is -2.87. The third-order valence-electron chi connectivity index (χ3n) is 5.45. The first-order chi connectivity index (χ1) is 14.6. The number of tetrazole rings is 1. The highest BCUT2D eigenvalue weighted by molar-refractivity contribution is 7.99. The lowest BCUT2D eigenvalue weighted by Crippen LogP contribution is -2.29. The molecule has 7 nitrogen and oxygen atoms in total. The topological polar surface area (TPSA) is 75.9 Å². The number of rotatable bonds is 6. The van der Waals surface area contributed by atoms with Crippen molar-refractivity contribution in [3.63, 3.8) is 0 Å². The maximum atomic E-state index is 12.4. The van der Waals surface area contributed by atoms with Crippen molar-refractivity contribution in [1.82, 2.24) is 20.2 Å². The molecule has 0 spiro atoms. The van der Waals surface area contributed by atoms with E-state index < -0.39 is 0 Å². The molecule has 0 unspecified atom stereocenters. The Morgan fingerprint density at radius 2 is 1.83 bits per heavy atom. The highest BCUT2D eigenvalue weighted by Crippen LogP contribution is 2.24. The predicted molar refractivity (Wildman–Crippen MR) is 120 cm³/mol. The molecule has 1 N–H and O–H groups in total. The van der Waals surface area contributed by atoms with Gasteiger partial charge in [-0.15, -0.1) is 5.10 Å². The van der Waals surface area contributed by atoms with Crippen LogP contribution in [-0.4, -0.2) is 45.0 Å². The Bertz CT molecular complexity index is 1010. The Labute approximate surface area is 180 Å². The van der Waals surface area contributed by atoms with E-state index >= 15 is 0 Å². The third-order valence-corrected chi connectivity index (χ3v) is 6.37. The molecule has 0 bridgehead atoms. The van der Waals surface area contributed by atoms with Crippen LogP contribution >= 0.6 is 11.8 Å². The van der Waals surface area contributed by atoms with Gasteiger partial charge in [0.2, 0.25) is 11.1 Å². The van der Waals surface area contributed by atoms with Gasteiger partial charge in [0.1, 0.15) is 0 Å². The van der Waals surface area contributed by atoms with Gasteiger partial charge >= 0.3 is 0 Å². The fourth-order valence-electron chi connectivity index (χ4n) is 3.62. The lowest BCUT2D eigenvalue weighted by Gasteiger charge is -2.28. The fraction of sp³-hybridized carbons (Fsp3) is 0.364. The number of carbonyl (C=O) groups is 1. The number of aromatic nitrogens is 4. The quantitative estimate of drug-likeness (QED) is 0.605. The van der Waals surface area contributed by atoms with Gasteiger partial charge in [0, 0.05) is 24.5 Å². The molecule has 3 aromatic rings. The summed E-state index contributed by atoms with van der Waals surface area (Å²) in [7, 11) is 0. The van der Waals surface area contributed by atoms with Gasteiger partial charge in [0.05, 0.1) is 11.4 Å². The number of carbonyl (C=O) groups excluding carboxylic acids is 1. The average Bonchev–Trinajstić information content (AvgIpc) is 3.24. The molecule has 2 heterocycles. The van der Waals surface area contributed by atoms with Gasteiger partial charge in [-0.3, -0.25) is 4.79 Å². The normalized spacial score (nSPS) is 14.0. The van der Waals surface area contributed by atoms with E-state index in [4.69, 9.17) is 0 Å². The van der Waals surface area contributed by atoms with Crippen molar-refractivity contribution in [1.29, 1.82) is 0 Å². The first kappa shape index (κ1) is 20.4. The van der Waals surface area contributed by atoms with E-state index in [9.17, 15) is 4.79 Å². The minimum absolute atomic E-state index is 0.0822. The molecule has 1 fully saturated rings. The minimum atomic E-state index is -0.0822. The molecule has 0 aliphatic carbocycles. The molecule has 30 heavy (non-hydrogen) atoms. The molecule has 1 saturated heterocycles. The third kappa shape index (κ3) is 4.64. The van der Waals surface area contributed by atoms with Gasteiger partial charge in [0.15, 0.2) is 0 Å². The molecule has 8 heteroatoms. The summed E-state index contributed by atoms with van der Waals surface area (Å²) in [6.45, 7) is 6.32. The molecule has 1 aliphatic heterocycles. The number of aryl methyl sites for hydroxylation is 1. The number of thioether (sulfide) groups is 1. The van der Waals surface area contributed by atoms with E-state index in [-0.39, 0.29) is 11.7 Å². The molecule has 2 aromatic carbocycles. The highest BCUT2D eigenvalue weighted by atomic mass is 32.2. The summed E-state index contributed by atoms with van der Waals surface area (Å²) in [6.07, 6.45) is 3.81. The van der Waals surface area contributed by atoms with Crippen LogP contribution in [0.5, 0.6) is 0 Å². The van der Waals surface area contributed by atoms with Crippen molar-refractivity contribution in [3.05, 3.63) is 53.6 Å². The Morgan fingerprint density at radius 3 is 2.60 bits per heavy atom. The SMILES string of the molecule is Cc1cccc(-n2nnnc2SCC(=O)Nc2ccc(N3CCCCC3)cc2)c1C. The van der Waals surface area contributed by atoms with Crippen molar-refractivity contribution < 1.29 is 4.79 Å². The van der Waals surface area contributed by atoms with Crippen LogP contribution in [0.25, 0.3) is 5.69 Å². The number of hydrogen-bond acceptors (Lipinski definition) is 6. The van der Waals surface area contributed by atoms with E-state index in [1.807, 2.05) is 31.2 Å². The summed E-state index contributed by atoms with van der Waals surface area (Å²) in [5.41, 5.74) is 5.23. The van der Waals surface area contributed by atoms with Crippen molar-refractivity contribution in [2.75, 3.05) is 29.1 Å². The second-order valence-electron chi connectivity index (χ2n) is 7.52.